The van der Waals surface area contributed by atoms with Crippen molar-refractivity contribution in [3.8, 4) is 5.75 Å². The van der Waals surface area contributed by atoms with Crippen molar-refractivity contribution in [2.45, 2.75) is 20.4 Å². The number of hydrogen-bond acceptors (Lipinski definition) is 2. The van der Waals surface area contributed by atoms with Gasteiger partial charge in [-0.05, 0) is 54.8 Å². The Labute approximate surface area is 121 Å². The molecule has 0 aliphatic rings. The second-order valence-electron chi connectivity index (χ2n) is 4.92. The Hall–Kier alpha value is -2.43. The van der Waals surface area contributed by atoms with Crippen LogP contribution in [-0.2, 0) is 6.54 Å². The Morgan fingerprint density at radius 2 is 1.57 bits per heavy atom. The van der Waals surface area contributed by atoms with E-state index < -0.39 is 11.6 Å². The van der Waals surface area contributed by atoms with Gasteiger partial charge in [0.15, 0.2) is 0 Å². The molecule has 0 unspecified atom stereocenters. The van der Waals surface area contributed by atoms with Crippen LogP contribution in [0.2, 0.25) is 0 Å². The van der Waals surface area contributed by atoms with E-state index in [0.29, 0.717) is 22.3 Å². The molecule has 0 heterocycles. The average molecular weight is 291 g/mol. The van der Waals surface area contributed by atoms with Crippen LogP contribution in [0.1, 0.15) is 27.0 Å². The molecular weight excluding hydrogens is 276 g/mol. The molecule has 0 saturated carbocycles. The number of rotatable bonds is 3. The maximum Gasteiger partial charge on any atom is 0.251 e. The summed E-state index contributed by atoms with van der Waals surface area (Å²) in [6.07, 6.45) is 0. The summed E-state index contributed by atoms with van der Waals surface area (Å²) >= 11 is 0. The smallest absolute Gasteiger partial charge is 0.251 e. The molecule has 2 aromatic rings. The van der Waals surface area contributed by atoms with Crippen LogP contribution in [0.15, 0.2) is 30.3 Å². The fourth-order valence-electron chi connectivity index (χ4n) is 2.08. The van der Waals surface area contributed by atoms with Gasteiger partial charge in [0.1, 0.15) is 17.4 Å². The van der Waals surface area contributed by atoms with E-state index in [4.69, 9.17) is 0 Å². The molecule has 5 heteroatoms. The molecular formula is C16H15F2NO2. The van der Waals surface area contributed by atoms with Gasteiger partial charge in [0.25, 0.3) is 5.91 Å². The van der Waals surface area contributed by atoms with Crippen molar-refractivity contribution in [3.05, 3.63) is 64.2 Å². The van der Waals surface area contributed by atoms with E-state index in [1.165, 1.54) is 0 Å². The van der Waals surface area contributed by atoms with Crippen LogP contribution in [0, 0.1) is 25.5 Å². The molecule has 0 bridgehead atoms. The van der Waals surface area contributed by atoms with Crippen molar-refractivity contribution >= 4 is 5.91 Å². The highest BCUT2D eigenvalue weighted by atomic mass is 19.1. The first-order valence-electron chi connectivity index (χ1n) is 6.40. The van der Waals surface area contributed by atoms with Gasteiger partial charge in [-0.25, -0.2) is 8.78 Å². The first-order valence-corrected chi connectivity index (χ1v) is 6.40. The standard InChI is InChI=1S/C16H15F2NO2/c1-9-3-12(4-10(2)15(9)20)16(21)19-8-11-5-13(17)7-14(18)6-11/h3-7,20H,8H2,1-2H3,(H,19,21). The number of nitrogens with one attached hydrogen (secondary N) is 1. The Bertz CT molecular complexity index is 655. The summed E-state index contributed by atoms with van der Waals surface area (Å²) in [5.74, 6) is -1.59. The lowest BCUT2D eigenvalue weighted by Crippen LogP contribution is -2.23. The summed E-state index contributed by atoms with van der Waals surface area (Å²) in [6.45, 7) is 3.41. The van der Waals surface area contributed by atoms with Gasteiger partial charge in [-0.3, -0.25) is 4.79 Å². The van der Waals surface area contributed by atoms with Crippen LogP contribution >= 0.6 is 0 Å². The largest absolute Gasteiger partial charge is 0.507 e. The first kappa shape index (κ1) is 15.0. The van der Waals surface area contributed by atoms with Crippen molar-refractivity contribution in [3.63, 3.8) is 0 Å². The van der Waals surface area contributed by atoms with E-state index >= 15 is 0 Å². The third-order valence-corrected chi connectivity index (χ3v) is 3.13. The SMILES string of the molecule is Cc1cc(C(=O)NCc2cc(F)cc(F)c2)cc(C)c1O. The molecule has 0 atom stereocenters. The molecule has 3 nitrogen and oxygen atoms in total. The highest BCUT2D eigenvalue weighted by molar-refractivity contribution is 5.94. The molecule has 110 valence electrons. The van der Waals surface area contributed by atoms with Crippen molar-refractivity contribution in [1.82, 2.24) is 5.32 Å². The zero-order valence-electron chi connectivity index (χ0n) is 11.7. The Morgan fingerprint density at radius 3 is 2.10 bits per heavy atom. The monoisotopic (exact) mass is 291 g/mol. The Balaban J connectivity index is 2.11. The number of aromatic hydroxyl groups is 1. The van der Waals surface area contributed by atoms with E-state index in [2.05, 4.69) is 5.32 Å². The molecule has 0 spiro atoms. The second-order valence-corrected chi connectivity index (χ2v) is 4.92. The van der Waals surface area contributed by atoms with Crippen LogP contribution in [0.25, 0.3) is 0 Å². The van der Waals surface area contributed by atoms with Gasteiger partial charge < -0.3 is 10.4 Å². The number of aryl methyl sites for hydroxylation is 2. The minimum atomic E-state index is -0.685. The number of halogens is 2. The summed E-state index contributed by atoms with van der Waals surface area (Å²) in [4.78, 5) is 12.0. The average Bonchev–Trinajstić information content (AvgIpc) is 2.40. The fourth-order valence-corrected chi connectivity index (χ4v) is 2.08. The van der Waals surface area contributed by atoms with Gasteiger partial charge in [0.2, 0.25) is 0 Å². The molecule has 0 aromatic heterocycles. The van der Waals surface area contributed by atoms with Crippen LogP contribution in [0.5, 0.6) is 5.75 Å². The van der Waals surface area contributed by atoms with Crippen LogP contribution in [0.3, 0.4) is 0 Å². The number of carbonyl (C=O) groups is 1. The van der Waals surface area contributed by atoms with E-state index in [-0.39, 0.29) is 18.2 Å². The number of benzene rings is 2. The molecule has 21 heavy (non-hydrogen) atoms. The summed E-state index contributed by atoms with van der Waals surface area (Å²) < 4.78 is 26.1. The van der Waals surface area contributed by atoms with Crippen molar-refractivity contribution in [2.75, 3.05) is 0 Å². The minimum Gasteiger partial charge on any atom is -0.507 e. The molecule has 1 amide bonds. The summed E-state index contributed by atoms with van der Waals surface area (Å²) in [5, 5.41) is 12.3. The van der Waals surface area contributed by atoms with E-state index in [1.54, 1.807) is 26.0 Å². The van der Waals surface area contributed by atoms with Gasteiger partial charge >= 0.3 is 0 Å². The lowest BCUT2D eigenvalue weighted by Gasteiger charge is -2.09. The number of amides is 1. The Morgan fingerprint density at radius 1 is 1.05 bits per heavy atom. The predicted molar refractivity (Wildman–Crippen MR) is 75.1 cm³/mol. The molecule has 2 N–H and O–H groups in total. The minimum absolute atomic E-state index is 0.0203. The van der Waals surface area contributed by atoms with E-state index in [0.717, 1.165) is 18.2 Å². The maximum absolute atomic E-state index is 13.0. The van der Waals surface area contributed by atoms with Gasteiger partial charge in [-0.15, -0.1) is 0 Å². The third-order valence-electron chi connectivity index (χ3n) is 3.13. The zero-order chi connectivity index (χ0) is 15.6. The summed E-state index contributed by atoms with van der Waals surface area (Å²) in [6, 6.07) is 6.22. The maximum atomic E-state index is 13.0. The topological polar surface area (TPSA) is 49.3 Å². The highest BCUT2D eigenvalue weighted by Crippen LogP contribution is 2.22. The highest BCUT2D eigenvalue weighted by Gasteiger charge is 2.10. The molecule has 0 aliphatic carbocycles. The van der Waals surface area contributed by atoms with E-state index in [1.807, 2.05) is 0 Å². The molecule has 2 aromatic carbocycles. The summed E-state index contributed by atoms with van der Waals surface area (Å²) in [5.41, 5.74) is 1.92. The molecule has 0 radical (unpaired) electrons. The molecule has 2 rings (SSSR count). The predicted octanol–water partition coefficient (Wildman–Crippen LogP) is 3.22. The number of hydrogen-bond donors (Lipinski definition) is 2. The van der Waals surface area contributed by atoms with Gasteiger partial charge in [-0.2, -0.15) is 0 Å². The third kappa shape index (κ3) is 3.56. The molecule has 0 saturated heterocycles. The van der Waals surface area contributed by atoms with Crippen molar-refractivity contribution < 1.29 is 18.7 Å². The molecule has 0 fully saturated rings. The van der Waals surface area contributed by atoms with Crippen LogP contribution < -0.4 is 5.32 Å². The Kier molecular flexibility index (Phi) is 4.21. The van der Waals surface area contributed by atoms with Gasteiger partial charge in [-0.1, -0.05) is 0 Å². The van der Waals surface area contributed by atoms with Gasteiger partial charge in [0.05, 0.1) is 0 Å². The summed E-state index contributed by atoms with van der Waals surface area (Å²) in [7, 11) is 0. The van der Waals surface area contributed by atoms with Crippen molar-refractivity contribution in [1.29, 1.82) is 0 Å². The lowest BCUT2D eigenvalue weighted by molar-refractivity contribution is 0.0950. The normalized spacial score (nSPS) is 10.5. The number of carbonyl (C=O) groups excluding carboxylic acids is 1. The molecule has 0 aliphatic heterocycles. The second kappa shape index (κ2) is 5.91. The number of phenolic OH excluding ortho intramolecular Hbond substituents is 1. The lowest BCUT2D eigenvalue weighted by atomic mass is 10.1. The first-order chi connectivity index (χ1) is 9.86. The van der Waals surface area contributed by atoms with Crippen LogP contribution in [-0.4, -0.2) is 11.0 Å². The fraction of sp³-hybridized carbons (Fsp3) is 0.188. The number of phenols is 1. The van der Waals surface area contributed by atoms with Crippen molar-refractivity contribution in [2.24, 2.45) is 0 Å². The van der Waals surface area contributed by atoms with Crippen LogP contribution in [0.4, 0.5) is 8.78 Å². The van der Waals surface area contributed by atoms with E-state index in [9.17, 15) is 18.7 Å². The van der Waals surface area contributed by atoms with Gasteiger partial charge in [0, 0.05) is 18.2 Å². The quantitative estimate of drug-likeness (QED) is 0.912. The zero-order valence-corrected chi connectivity index (χ0v) is 11.7.